The summed E-state index contributed by atoms with van der Waals surface area (Å²) in [5.74, 6) is -1.47. The normalized spacial score (nSPS) is 10.2. The van der Waals surface area contributed by atoms with E-state index in [0.29, 0.717) is 5.56 Å². The molecular formula is C13H11FN2O3S. The summed E-state index contributed by atoms with van der Waals surface area (Å²) in [5.41, 5.74) is 0.645. The SMILES string of the molecule is COC(=O)c1cnc(NC(=O)c2ccc(C)c(F)c2)s1. The van der Waals surface area contributed by atoms with Crippen molar-refractivity contribution in [3.8, 4) is 0 Å². The third-order valence-corrected chi connectivity index (χ3v) is 3.44. The molecule has 1 aromatic carbocycles. The molecule has 0 saturated heterocycles. The van der Waals surface area contributed by atoms with Crippen molar-refractivity contribution in [3.05, 3.63) is 46.2 Å². The van der Waals surface area contributed by atoms with Gasteiger partial charge in [0.25, 0.3) is 5.91 Å². The third-order valence-electron chi connectivity index (χ3n) is 2.55. The Morgan fingerprint density at radius 1 is 1.40 bits per heavy atom. The zero-order valence-corrected chi connectivity index (χ0v) is 11.6. The highest BCUT2D eigenvalue weighted by Crippen LogP contribution is 2.20. The van der Waals surface area contributed by atoms with Crippen LogP contribution in [0.3, 0.4) is 0 Å². The maximum atomic E-state index is 13.4. The van der Waals surface area contributed by atoms with Crippen LogP contribution in [0.5, 0.6) is 0 Å². The van der Waals surface area contributed by atoms with Gasteiger partial charge in [0.1, 0.15) is 10.7 Å². The van der Waals surface area contributed by atoms with E-state index >= 15 is 0 Å². The van der Waals surface area contributed by atoms with Crippen molar-refractivity contribution in [2.24, 2.45) is 0 Å². The van der Waals surface area contributed by atoms with Gasteiger partial charge in [-0.25, -0.2) is 14.2 Å². The first-order valence-corrected chi connectivity index (χ1v) is 6.44. The number of anilines is 1. The maximum absolute atomic E-state index is 13.4. The van der Waals surface area contributed by atoms with Gasteiger partial charge < -0.3 is 4.74 Å². The van der Waals surface area contributed by atoms with Crippen LogP contribution in [0.1, 0.15) is 25.6 Å². The van der Waals surface area contributed by atoms with Crippen molar-refractivity contribution in [1.82, 2.24) is 4.98 Å². The summed E-state index contributed by atoms with van der Waals surface area (Å²) in [5, 5.41) is 2.74. The molecule has 0 aliphatic rings. The van der Waals surface area contributed by atoms with Crippen molar-refractivity contribution in [1.29, 1.82) is 0 Å². The van der Waals surface area contributed by atoms with Crippen LogP contribution in [0.25, 0.3) is 0 Å². The van der Waals surface area contributed by atoms with Crippen molar-refractivity contribution in [2.45, 2.75) is 6.92 Å². The van der Waals surface area contributed by atoms with Crippen LogP contribution < -0.4 is 5.32 Å². The van der Waals surface area contributed by atoms with Crippen LogP contribution in [0, 0.1) is 12.7 Å². The minimum Gasteiger partial charge on any atom is -0.465 e. The molecule has 1 N–H and O–H groups in total. The monoisotopic (exact) mass is 294 g/mol. The second-order valence-electron chi connectivity index (χ2n) is 3.94. The number of thiazole rings is 1. The first kappa shape index (κ1) is 14.1. The topological polar surface area (TPSA) is 68.3 Å². The average Bonchev–Trinajstić information content (AvgIpc) is 2.89. The standard InChI is InChI=1S/C13H11FN2O3S/c1-7-3-4-8(5-9(7)14)11(17)16-13-15-6-10(20-13)12(18)19-2/h3-6H,1-2H3,(H,15,16,17). The quantitative estimate of drug-likeness (QED) is 0.884. The van der Waals surface area contributed by atoms with Crippen molar-refractivity contribution >= 4 is 28.3 Å². The Hall–Kier alpha value is -2.28. The zero-order chi connectivity index (χ0) is 14.7. The molecule has 2 aromatic rings. The minimum atomic E-state index is -0.524. The summed E-state index contributed by atoms with van der Waals surface area (Å²) < 4.78 is 17.9. The van der Waals surface area contributed by atoms with Gasteiger partial charge in [0.15, 0.2) is 5.13 Å². The predicted molar refractivity (Wildman–Crippen MR) is 72.5 cm³/mol. The Balaban J connectivity index is 2.13. The summed E-state index contributed by atoms with van der Waals surface area (Å²) in [6.07, 6.45) is 1.31. The lowest BCUT2D eigenvalue weighted by Gasteiger charge is -2.03. The Labute approximate surface area is 118 Å². The number of carbonyl (C=O) groups is 2. The van der Waals surface area contributed by atoms with Crippen LogP contribution in [0.2, 0.25) is 0 Å². The number of ether oxygens (including phenoxy) is 1. The number of nitrogens with zero attached hydrogens (tertiary/aromatic N) is 1. The fourth-order valence-electron chi connectivity index (χ4n) is 1.43. The molecule has 0 radical (unpaired) electrons. The smallest absolute Gasteiger partial charge is 0.349 e. The number of rotatable bonds is 3. The van der Waals surface area contributed by atoms with Gasteiger partial charge in [0.2, 0.25) is 0 Å². The zero-order valence-electron chi connectivity index (χ0n) is 10.8. The van der Waals surface area contributed by atoms with Crippen LogP contribution in [-0.4, -0.2) is 24.0 Å². The van der Waals surface area contributed by atoms with Crippen molar-refractivity contribution in [3.63, 3.8) is 0 Å². The van der Waals surface area contributed by atoms with E-state index in [4.69, 9.17) is 0 Å². The van der Waals surface area contributed by atoms with Crippen molar-refractivity contribution in [2.75, 3.05) is 12.4 Å². The van der Waals surface area contributed by atoms with E-state index in [1.165, 1.54) is 25.4 Å². The van der Waals surface area contributed by atoms with Gasteiger partial charge in [-0.05, 0) is 24.6 Å². The van der Waals surface area contributed by atoms with Crippen LogP contribution >= 0.6 is 11.3 Å². The fraction of sp³-hybridized carbons (Fsp3) is 0.154. The molecule has 0 unspecified atom stereocenters. The van der Waals surface area contributed by atoms with Gasteiger partial charge in [0.05, 0.1) is 13.3 Å². The molecule has 1 heterocycles. The molecule has 1 amide bonds. The lowest BCUT2D eigenvalue weighted by Crippen LogP contribution is -2.12. The van der Waals surface area contributed by atoms with E-state index in [1.807, 2.05) is 0 Å². The summed E-state index contributed by atoms with van der Waals surface area (Å²) in [6, 6.07) is 4.19. The van der Waals surface area contributed by atoms with Crippen molar-refractivity contribution < 1.29 is 18.7 Å². The number of hydrogen-bond acceptors (Lipinski definition) is 5. The molecule has 5 nitrogen and oxygen atoms in total. The molecule has 2 rings (SSSR count). The number of carbonyl (C=O) groups excluding carboxylic acids is 2. The molecular weight excluding hydrogens is 283 g/mol. The first-order chi connectivity index (χ1) is 9.51. The van der Waals surface area contributed by atoms with Crippen LogP contribution in [0.4, 0.5) is 9.52 Å². The molecule has 0 fully saturated rings. The summed E-state index contributed by atoms with van der Waals surface area (Å²) in [6.45, 7) is 1.61. The van der Waals surface area contributed by atoms with Gasteiger partial charge in [-0.3, -0.25) is 10.1 Å². The molecule has 0 saturated carbocycles. The number of benzene rings is 1. The Morgan fingerprint density at radius 3 is 2.80 bits per heavy atom. The number of esters is 1. The fourth-order valence-corrected chi connectivity index (χ4v) is 2.16. The second kappa shape index (κ2) is 5.79. The molecule has 0 atom stereocenters. The van der Waals surface area contributed by atoms with E-state index < -0.39 is 17.7 Å². The number of amides is 1. The number of halogens is 1. The number of aromatic nitrogens is 1. The Bertz CT molecular complexity index is 669. The summed E-state index contributed by atoms with van der Waals surface area (Å²) in [7, 11) is 1.26. The highest BCUT2D eigenvalue weighted by molar-refractivity contribution is 7.17. The first-order valence-electron chi connectivity index (χ1n) is 5.63. The molecule has 0 bridgehead atoms. The Kier molecular flexibility index (Phi) is 4.09. The van der Waals surface area contributed by atoms with Crippen LogP contribution in [0.15, 0.2) is 24.4 Å². The summed E-state index contributed by atoms with van der Waals surface area (Å²) >= 11 is 0.985. The number of aryl methyl sites for hydroxylation is 1. The Morgan fingerprint density at radius 2 is 2.15 bits per heavy atom. The van der Waals surface area contributed by atoms with Gasteiger partial charge in [-0.1, -0.05) is 17.4 Å². The molecule has 20 heavy (non-hydrogen) atoms. The highest BCUT2D eigenvalue weighted by Gasteiger charge is 2.14. The summed E-state index contributed by atoms with van der Waals surface area (Å²) in [4.78, 5) is 27.3. The van der Waals surface area contributed by atoms with Gasteiger partial charge in [0, 0.05) is 5.56 Å². The van der Waals surface area contributed by atoms with Gasteiger partial charge >= 0.3 is 5.97 Å². The third kappa shape index (κ3) is 3.00. The van der Waals surface area contributed by atoms with E-state index in [2.05, 4.69) is 15.0 Å². The van der Waals surface area contributed by atoms with E-state index in [0.717, 1.165) is 17.4 Å². The molecule has 0 spiro atoms. The number of nitrogens with one attached hydrogen (secondary N) is 1. The number of methoxy groups -OCH3 is 1. The lowest BCUT2D eigenvalue weighted by molar-refractivity contribution is 0.0606. The van der Waals surface area contributed by atoms with E-state index in [-0.39, 0.29) is 15.6 Å². The molecule has 1 aromatic heterocycles. The highest BCUT2D eigenvalue weighted by atomic mass is 32.1. The largest absolute Gasteiger partial charge is 0.465 e. The van der Waals surface area contributed by atoms with E-state index in [9.17, 15) is 14.0 Å². The predicted octanol–water partition coefficient (Wildman–Crippen LogP) is 2.63. The molecule has 0 aliphatic heterocycles. The second-order valence-corrected chi connectivity index (χ2v) is 4.97. The maximum Gasteiger partial charge on any atom is 0.349 e. The molecule has 0 aliphatic carbocycles. The minimum absolute atomic E-state index is 0.183. The lowest BCUT2D eigenvalue weighted by atomic mass is 10.1. The van der Waals surface area contributed by atoms with Gasteiger partial charge in [-0.2, -0.15) is 0 Å². The molecule has 104 valence electrons. The average molecular weight is 294 g/mol. The van der Waals surface area contributed by atoms with Gasteiger partial charge in [-0.15, -0.1) is 0 Å². The number of hydrogen-bond donors (Lipinski definition) is 1. The van der Waals surface area contributed by atoms with E-state index in [1.54, 1.807) is 6.92 Å². The molecule has 7 heteroatoms. The van der Waals surface area contributed by atoms with Crippen LogP contribution in [-0.2, 0) is 4.74 Å².